The number of aromatic hydroxyl groups is 1. The molecule has 0 amide bonds. The Morgan fingerprint density at radius 3 is 2.32 bits per heavy atom. The molecule has 0 fully saturated rings. The molecule has 2 heterocycles. The molecule has 2 N–H and O–H groups in total. The smallest absolute Gasteiger partial charge is 0.362 e. The molecule has 0 aliphatic carbocycles. The highest BCUT2D eigenvalue weighted by Gasteiger charge is 2.17. The molecule has 0 aliphatic heterocycles. The molecule has 3 aromatic carbocycles. The van der Waals surface area contributed by atoms with Crippen molar-refractivity contribution in [2.75, 3.05) is 0 Å². The second-order valence-electron chi connectivity index (χ2n) is 6.47. The molecule has 0 bridgehead atoms. The summed E-state index contributed by atoms with van der Waals surface area (Å²) in [4.78, 5) is 27.7. The van der Waals surface area contributed by atoms with E-state index in [0.717, 1.165) is 11.1 Å². The maximum atomic E-state index is 12.6. The van der Waals surface area contributed by atoms with Gasteiger partial charge in [0.2, 0.25) is 0 Å². The van der Waals surface area contributed by atoms with Crippen molar-refractivity contribution in [2.45, 2.75) is 0 Å². The predicted molar refractivity (Wildman–Crippen MR) is 107 cm³/mol. The highest BCUT2D eigenvalue weighted by atomic mass is 16.4. The monoisotopic (exact) mass is 370 g/mol. The molecule has 0 radical (unpaired) electrons. The van der Waals surface area contributed by atoms with Gasteiger partial charge in [-0.3, -0.25) is 9.55 Å². The summed E-state index contributed by atoms with van der Waals surface area (Å²) in [6.45, 7) is 0. The number of para-hydroxylation sites is 1. The SMILES string of the molecule is O=c1oc2ccc(-c3ccc(O)cc3)cc2c2c1[nH]c(=O)n2-c1ccccc1. The molecule has 28 heavy (non-hydrogen) atoms. The third kappa shape index (κ3) is 2.43. The van der Waals surface area contributed by atoms with Crippen LogP contribution >= 0.6 is 0 Å². The van der Waals surface area contributed by atoms with Crippen LogP contribution in [0.5, 0.6) is 5.75 Å². The van der Waals surface area contributed by atoms with Crippen LogP contribution in [0.2, 0.25) is 0 Å². The normalized spacial score (nSPS) is 11.3. The number of benzene rings is 3. The molecule has 0 saturated carbocycles. The number of H-pyrrole nitrogens is 1. The van der Waals surface area contributed by atoms with E-state index in [9.17, 15) is 14.7 Å². The molecule has 6 nitrogen and oxygen atoms in total. The number of nitrogens with zero attached hydrogens (tertiary/aromatic N) is 1. The van der Waals surface area contributed by atoms with Crippen LogP contribution in [-0.2, 0) is 0 Å². The third-order valence-corrected chi connectivity index (χ3v) is 4.75. The van der Waals surface area contributed by atoms with Gasteiger partial charge < -0.3 is 9.52 Å². The molecule has 0 aliphatic rings. The number of phenols is 1. The van der Waals surface area contributed by atoms with Gasteiger partial charge >= 0.3 is 11.3 Å². The van der Waals surface area contributed by atoms with E-state index < -0.39 is 11.3 Å². The summed E-state index contributed by atoms with van der Waals surface area (Å²) < 4.78 is 6.89. The summed E-state index contributed by atoms with van der Waals surface area (Å²) in [6, 6.07) is 21.4. The first-order valence-corrected chi connectivity index (χ1v) is 8.68. The first kappa shape index (κ1) is 16.1. The lowest BCUT2D eigenvalue weighted by Crippen LogP contribution is -2.14. The Morgan fingerprint density at radius 1 is 0.857 bits per heavy atom. The fourth-order valence-electron chi connectivity index (χ4n) is 3.45. The van der Waals surface area contributed by atoms with Crippen LogP contribution in [0, 0.1) is 0 Å². The van der Waals surface area contributed by atoms with E-state index in [2.05, 4.69) is 4.98 Å². The van der Waals surface area contributed by atoms with Gasteiger partial charge in [-0.25, -0.2) is 9.59 Å². The van der Waals surface area contributed by atoms with Crippen LogP contribution in [0.25, 0.3) is 38.8 Å². The van der Waals surface area contributed by atoms with Crippen molar-refractivity contribution in [3.63, 3.8) is 0 Å². The zero-order chi connectivity index (χ0) is 19.3. The van der Waals surface area contributed by atoms with Gasteiger partial charge in [-0.05, 0) is 47.5 Å². The molecule has 0 unspecified atom stereocenters. The number of imidazole rings is 1. The number of phenolic OH excluding ortho intramolecular Hbond substituents is 1. The Balaban J connectivity index is 1.89. The van der Waals surface area contributed by atoms with Gasteiger partial charge in [-0.2, -0.15) is 0 Å². The summed E-state index contributed by atoms with van der Waals surface area (Å²) in [6.07, 6.45) is 0. The van der Waals surface area contributed by atoms with Crippen LogP contribution in [-0.4, -0.2) is 14.7 Å². The summed E-state index contributed by atoms with van der Waals surface area (Å²) in [5, 5.41) is 10.2. The van der Waals surface area contributed by atoms with Crippen LogP contribution in [0.4, 0.5) is 0 Å². The molecular weight excluding hydrogens is 356 g/mol. The Bertz CT molecular complexity index is 1440. The third-order valence-electron chi connectivity index (χ3n) is 4.75. The highest BCUT2D eigenvalue weighted by molar-refractivity contribution is 6.03. The van der Waals surface area contributed by atoms with E-state index in [1.165, 1.54) is 4.57 Å². The average molecular weight is 370 g/mol. The van der Waals surface area contributed by atoms with Crippen molar-refractivity contribution in [3.05, 3.63) is 93.7 Å². The highest BCUT2D eigenvalue weighted by Crippen LogP contribution is 2.29. The second-order valence-corrected chi connectivity index (χ2v) is 6.47. The van der Waals surface area contributed by atoms with Gasteiger partial charge in [0.25, 0.3) is 0 Å². The number of hydrogen-bond donors (Lipinski definition) is 2. The molecule has 136 valence electrons. The first-order valence-electron chi connectivity index (χ1n) is 8.68. The number of fused-ring (bicyclic) bond motifs is 3. The lowest BCUT2D eigenvalue weighted by molar-refractivity contribution is 0.475. The van der Waals surface area contributed by atoms with Gasteiger partial charge in [-0.15, -0.1) is 0 Å². The summed E-state index contributed by atoms with van der Waals surface area (Å²) in [5.41, 5.74) is 2.42. The molecule has 2 aromatic heterocycles. The number of rotatable bonds is 2. The molecule has 0 spiro atoms. The summed E-state index contributed by atoms with van der Waals surface area (Å²) >= 11 is 0. The van der Waals surface area contributed by atoms with Crippen molar-refractivity contribution in [1.29, 1.82) is 0 Å². The molecule has 6 heteroatoms. The van der Waals surface area contributed by atoms with Crippen molar-refractivity contribution in [2.24, 2.45) is 0 Å². The predicted octanol–water partition coefficient (Wildman–Crippen LogP) is 3.80. The lowest BCUT2D eigenvalue weighted by Gasteiger charge is -2.07. The second kappa shape index (κ2) is 5.99. The number of aromatic amines is 1. The minimum absolute atomic E-state index is 0.129. The Morgan fingerprint density at radius 2 is 1.57 bits per heavy atom. The number of nitrogens with one attached hydrogen (secondary N) is 1. The van der Waals surface area contributed by atoms with Gasteiger partial charge in [0.1, 0.15) is 11.3 Å². The van der Waals surface area contributed by atoms with Crippen LogP contribution in [0.15, 0.2) is 86.8 Å². The maximum Gasteiger partial charge on any atom is 0.362 e. The van der Waals surface area contributed by atoms with E-state index in [0.29, 0.717) is 22.2 Å². The van der Waals surface area contributed by atoms with E-state index >= 15 is 0 Å². The van der Waals surface area contributed by atoms with Gasteiger partial charge in [0.05, 0.1) is 11.2 Å². The standard InChI is InChI=1S/C22H14N2O4/c25-16-9-6-13(7-10-16)14-8-11-18-17(12-14)20-19(21(26)28-18)23-22(27)24(20)15-4-2-1-3-5-15/h1-12,25H,(H,23,27). The fourth-order valence-corrected chi connectivity index (χ4v) is 3.45. The number of aromatic nitrogens is 2. The largest absolute Gasteiger partial charge is 0.508 e. The lowest BCUT2D eigenvalue weighted by atomic mass is 10.0. The van der Waals surface area contributed by atoms with Crippen LogP contribution < -0.4 is 11.3 Å². The van der Waals surface area contributed by atoms with E-state index in [4.69, 9.17) is 4.42 Å². The minimum Gasteiger partial charge on any atom is -0.508 e. The Kier molecular flexibility index (Phi) is 3.45. The Labute approximate surface area is 157 Å². The molecule has 5 aromatic rings. The van der Waals surface area contributed by atoms with Gasteiger partial charge in [0.15, 0.2) is 5.52 Å². The topological polar surface area (TPSA) is 88.2 Å². The average Bonchev–Trinajstić information content (AvgIpc) is 3.07. The molecule has 0 saturated heterocycles. The van der Waals surface area contributed by atoms with Crippen LogP contribution in [0.3, 0.4) is 0 Å². The van der Waals surface area contributed by atoms with Crippen molar-refractivity contribution >= 4 is 22.0 Å². The van der Waals surface area contributed by atoms with Crippen molar-refractivity contribution in [3.8, 4) is 22.6 Å². The fraction of sp³-hybridized carbons (Fsp3) is 0. The maximum absolute atomic E-state index is 12.6. The molecule has 0 atom stereocenters. The van der Waals surface area contributed by atoms with Crippen molar-refractivity contribution < 1.29 is 9.52 Å². The Hall–Kier alpha value is -4.06. The first-order chi connectivity index (χ1) is 13.6. The number of hydrogen-bond acceptors (Lipinski definition) is 4. The zero-order valence-corrected chi connectivity index (χ0v) is 14.5. The zero-order valence-electron chi connectivity index (χ0n) is 14.5. The molecular formula is C22H14N2O4. The summed E-state index contributed by atoms with van der Waals surface area (Å²) in [7, 11) is 0. The van der Waals surface area contributed by atoms with Gasteiger partial charge in [0, 0.05) is 5.39 Å². The van der Waals surface area contributed by atoms with E-state index in [1.54, 1.807) is 42.5 Å². The van der Waals surface area contributed by atoms with E-state index in [-0.39, 0.29) is 11.3 Å². The van der Waals surface area contributed by atoms with E-state index in [1.807, 2.05) is 30.3 Å². The van der Waals surface area contributed by atoms with Gasteiger partial charge in [-0.1, -0.05) is 36.4 Å². The van der Waals surface area contributed by atoms with Crippen LogP contribution in [0.1, 0.15) is 0 Å². The summed E-state index contributed by atoms with van der Waals surface area (Å²) in [5.74, 6) is 0.182. The van der Waals surface area contributed by atoms with Crippen molar-refractivity contribution in [1.82, 2.24) is 9.55 Å². The quantitative estimate of drug-likeness (QED) is 0.463. The molecule has 5 rings (SSSR count). The minimum atomic E-state index is -0.591.